The second-order valence-electron chi connectivity index (χ2n) is 2.81. The van der Waals surface area contributed by atoms with Crippen molar-refractivity contribution in [3.63, 3.8) is 0 Å². The van der Waals surface area contributed by atoms with E-state index in [-0.39, 0.29) is 0 Å². The van der Waals surface area contributed by atoms with Gasteiger partial charge in [-0.05, 0) is 37.1 Å². The highest BCUT2D eigenvalue weighted by atomic mass is 16.5. The summed E-state index contributed by atoms with van der Waals surface area (Å²) in [6.07, 6.45) is 1.67. The Balaban J connectivity index is 2.86. The van der Waals surface area contributed by atoms with Crippen molar-refractivity contribution in [2.75, 3.05) is 0 Å². The van der Waals surface area contributed by atoms with Crippen LogP contribution in [-0.2, 0) is 0 Å². The summed E-state index contributed by atoms with van der Waals surface area (Å²) < 4.78 is 4.82. The molecule has 0 unspecified atom stereocenters. The number of rotatable bonds is 0. The summed E-state index contributed by atoms with van der Waals surface area (Å²) in [6.45, 7) is 4.16. The molecule has 0 aliphatic rings. The molecule has 0 amide bonds. The molecule has 56 valence electrons. The second-order valence-corrected chi connectivity index (χ2v) is 2.81. The molecule has 0 saturated carbocycles. The van der Waals surface area contributed by atoms with Crippen molar-refractivity contribution in [1.82, 2.24) is 5.16 Å². The van der Waals surface area contributed by atoms with Gasteiger partial charge in [0.2, 0.25) is 0 Å². The first kappa shape index (κ1) is 6.40. The molecule has 2 rings (SSSR count). The van der Waals surface area contributed by atoms with E-state index in [2.05, 4.69) is 25.1 Å². The van der Waals surface area contributed by atoms with Gasteiger partial charge in [0.1, 0.15) is 11.8 Å². The molecule has 0 spiro atoms. The molecule has 2 heteroatoms. The van der Waals surface area contributed by atoms with Crippen LogP contribution >= 0.6 is 0 Å². The molecule has 0 fully saturated rings. The van der Waals surface area contributed by atoms with Crippen molar-refractivity contribution in [1.29, 1.82) is 0 Å². The number of aryl methyl sites for hydroxylation is 2. The molecule has 0 radical (unpaired) electrons. The summed E-state index contributed by atoms with van der Waals surface area (Å²) in [6, 6.07) is 4.12. The van der Waals surface area contributed by atoms with Gasteiger partial charge in [-0.3, -0.25) is 0 Å². The highest BCUT2D eigenvalue weighted by molar-refractivity contribution is 5.78. The number of hydrogen-bond acceptors (Lipinski definition) is 2. The van der Waals surface area contributed by atoms with Gasteiger partial charge in [-0.2, -0.15) is 0 Å². The van der Waals surface area contributed by atoms with Crippen LogP contribution in [0.2, 0.25) is 0 Å². The van der Waals surface area contributed by atoms with Crippen LogP contribution in [-0.4, -0.2) is 5.16 Å². The third kappa shape index (κ3) is 0.909. The van der Waals surface area contributed by atoms with Gasteiger partial charge in [-0.15, -0.1) is 0 Å². The maximum atomic E-state index is 4.82. The van der Waals surface area contributed by atoms with E-state index in [0.717, 1.165) is 10.9 Å². The quantitative estimate of drug-likeness (QED) is 0.572. The molecule has 1 aromatic carbocycles. The summed E-state index contributed by atoms with van der Waals surface area (Å²) in [5.41, 5.74) is 3.47. The predicted molar refractivity (Wildman–Crippen MR) is 43.5 cm³/mol. The number of benzene rings is 1. The zero-order chi connectivity index (χ0) is 7.84. The normalized spacial score (nSPS) is 10.7. The zero-order valence-electron chi connectivity index (χ0n) is 6.59. The van der Waals surface area contributed by atoms with Crippen LogP contribution in [0.15, 0.2) is 22.9 Å². The standard InChI is InChI=1S/C9H9NO/c1-6-3-8-5-11-10-9(8)4-7(6)2/h3-5H,1-2H3. The lowest BCUT2D eigenvalue weighted by atomic mass is 10.1. The summed E-state index contributed by atoms with van der Waals surface area (Å²) >= 11 is 0. The molecule has 0 saturated heterocycles. The van der Waals surface area contributed by atoms with Crippen LogP contribution in [0.5, 0.6) is 0 Å². The van der Waals surface area contributed by atoms with E-state index in [1.807, 2.05) is 6.07 Å². The molecule has 1 heterocycles. The van der Waals surface area contributed by atoms with E-state index >= 15 is 0 Å². The van der Waals surface area contributed by atoms with Gasteiger partial charge < -0.3 is 4.52 Å². The van der Waals surface area contributed by atoms with Gasteiger partial charge in [0.05, 0.1) is 0 Å². The highest BCUT2D eigenvalue weighted by Gasteiger charge is 1.99. The SMILES string of the molecule is Cc1cc2conc2cc1C. The van der Waals surface area contributed by atoms with Crippen LogP contribution in [0.3, 0.4) is 0 Å². The highest BCUT2D eigenvalue weighted by Crippen LogP contribution is 2.17. The molecule has 2 nitrogen and oxygen atoms in total. The maximum absolute atomic E-state index is 4.82. The van der Waals surface area contributed by atoms with Crippen molar-refractivity contribution in [3.05, 3.63) is 29.5 Å². The van der Waals surface area contributed by atoms with Gasteiger partial charge in [0.15, 0.2) is 0 Å². The molecule has 1 aromatic heterocycles. The lowest BCUT2D eigenvalue weighted by Gasteiger charge is -1.96. The van der Waals surface area contributed by atoms with Gasteiger partial charge in [0, 0.05) is 5.39 Å². The van der Waals surface area contributed by atoms with Gasteiger partial charge >= 0.3 is 0 Å². The summed E-state index contributed by atoms with van der Waals surface area (Å²) in [7, 11) is 0. The minimum absolute atomic E-state index is 0.938. The van der Waals surface area contributed by atoms with E-state index in [1.165, 1.54) is 11.1 Å². The van der Waals surface area contributed by atoms with E-state index in [0.29, 0.717) is 0 Å². The fourth-order valence-electron chi connectivity index (χ4n) is 1.14. The van der Waals surface area contributed by atoms with Crippen LogP contribution in [0.1, 0.15) is 11.1 Å². The van der Waals surface area contributed by atoms with Crippen LogP contribution < -0.4 is 0 Å². The van der Waals surface area contributed by atoms with Gasteiger partial charge in [-0.1, -0.05) is 5.16 Å². The van der Waals surface area contributed by atoms with Gasteiger partial charge in [0.25, 0.3) is 0 Å². The first-order valence-electron chi connectivity index (χ1n) is 3.59. The number of hydrogen-bond donors (Lipinski definition) is 0. The number of aromatic nitrogens is 1. The Morgan fingerprint density at radius 3 is 2.73 bits per heavy atom. The molecule has 0 N–H and O–H groups in total. The topological polar surface area (TPSA) is 26.0 Å². The molecule has 11 heavy (non-hydrogen) atoms. The zero-order valence-corrected chi connectivity index (χ0v) is 6.59. The molecular formula is C9H9NO. The minimum atomic E-state index is 0.938. The smallest absolute Gasteiger partial charge is 0.131 e. The lowest BCUT2D eigenvalue weighted by molar-refractivity contribution is 0.428. The lowest BCUT2D eigenvalue weighted by Crippen LogP contribution is -1.79. The van der Waals surface area contributed by atoms with E-state index < -0.39 is 0 Å². The maximum Gasteiger partial charge on any atom is 0.131 e. The Bertz CT molecular complexity index is 353. The number of fused-ring (bicyclic) bond motifs is 1. The molecule has 0 bridgehead atoms. The summed E-state index contributed by atoms with van der Waals surface area (Å²) in [5.74, 6) is 0. The van der Waals surface area contributed by atoms with Crippen LogP contribution in [0.4, 0.5) is 0 Å². The monoisotopic (exact) mass is 147 g/mol. The molecule has 0 aliphatic heterocycles. The molecule has 0 atom stereocenters. The Hall–Kier alpha value is -1.31. The Labute approximate surface area is 64.8 Å². The largest absolute Gasteiger partial charge is 0.364 e. The number of nitrogens with zero attached hydrogens (tertiary/aromatic N) is 1. The van der Waals surface area contributed by atoms with E-state index in [9.17, 15) is 0 Å². The minimum Gasteiger partial charge on any atom is -0.364 e. The Morgan fingerprint density at radius 2 is 1.91 bits per heavy atom. The van der Waals surface area contributed by atoms with Crippen molar-refractivity contribution < 1.29 is 4.52 Å². The third-order valence-corrected chi connectivity index (χ3v) is 1.97. The fourth-order valence-corrected chi connectivity index (χ4v) is 1.14. The average molecular weight is 147 g/mol. The molecule has 2 aromatic rings. The molecular weight excluding hydrogens is 138 g/mol. The predicted octanol–water partition coefficient (Wildman–Crippen LogP) is 2.44. The fraction of sp³-hybridized carbons (Fsp3) is 0.222. The summed E-state index contributed by atoms with van der Waals surface area (Å²) in [5, 5.41) is 4.92. The van der Waals surface area contributed by atoms with Crippen molar-refractivity contribution in [2.45, 2.75) is 13.8 Å². The first-order valence-corrected chi connectivity index (χ1v) is 3.59. The van der Waals surface area contributed by atoms with Gasteiger partial charge in [-0.25, -0.2) is 0 Å². The Kier molecular flexibility index (Phi) is 1.22. The van der Waals surface area contributed by atoms with E-state index in [1.54, 1.807) is 6.26 Å². The van der Waals surface area contributed by atoms with Crippen molar-refractivity contribution >= 4 is 10.9 Å². The third-order valence-electron chi connectivity index (χ3n) is 1.97. The van der Waals surface area contributed by atoms with E-state index in [4.69, 9.17) is 4.52 Å². The summed E-state index contributed by atoms with van der Waals surface area (Å²) in [4.78, 5) is 0. The second kappa shape index (κ2) is 2.09. The average Bonchev–Trinajstić information content (AvgIpc) is 2.36. The van der Waals surface area contributed by atoms with Crippen LogP contribution in [0.25, 0.3) is 10.9 Å². The van der Waals surface area contributed by atoms with Crippen molar-refractivity contribution in [2.24, 2.45) is 0 Å². The first-order chi connectivity index (χ1) is 5.27. The van der Waals surface area contributed by atoms with Crippen LogP contribution in [0, 0.1) is 13.8 Å². The molecule has 0 aliphatic carbocycles. The van der Waals surface area contributed by atoms with Crippen molar-refractivity contribution in [3.8, 4) is 0 Å². The Morgan fingerprint density at radius 1 is 1.18 bits per heavy atom.